The third-order valence-corrected chi connectivity index (χ3v) is 6.88. The first kappa shape index (κ1) is 21.8. The Morgan fingerprint density at radius 3 is 3.06 bits per heavy atom. The molecule has 0 aliphatic heterocycles. The summed E-state index contributed by atoms with van der Waals surface area (Å²) in [7, 11) is 1.81. The van der Waals surface area contributed by atoms with Crippen LogP contribution in [0, 0.1) is 11.3 Å². The van der Waals surface area contributed by atoms with E-state index >= 15 is 0 Å². The van der Waals surface area contributed by atoms with Crippen molar-refractivity contribution in [3.63, 3.8) is 0 Å². The monoisotopic (exact) mass is 467 g/mol. The molecule has 0 spiro atoms. The zero-order valence-corrected chi connectivity index (χ0v) is 19.0. The molecular formula is C22H21N5O3S2. The molecule has 0 radical (unpaired) electrons. The number of nitrogens with one attached hydrogen (secondary N) is 2. The second-order valence-electron chi connectivity index (χ2n) is 7.34. The third-order valence-electron chi connectivity index (χ3n) is 5.01. The highest BCUT2D eigenvalue weighted by Gasteiger charge is 2.28. The van der Waals surface area contributed by atoms with Gasteiger partial charge in [-0.3, -0.25) is 9.48 Å². The highest BCUT2D eigenvalue weighted by atomic mass is 32.1. The maximum atomic E-state index is 12.3. The lowest BCUT2D eigenvalue weighted by atomic mass is 9.94. The Balaban J connectivity index is 1.35. The lowest BCUT2D eigenvalue weighted by Crippen LogP contribution is -2.31. The molecule has 0 saturated heterocycles. The summed E-state index contributed by atoms with van der Waals surface area (Å²) in [6.07, 6.45) is 7.73. The standard InChI is InChI=1S/C22H21N5O3S2/c1-27-12-15(11-25-27)10-24-22(29)30-16-3-4-17-18(9-23)21(32-19(17)8-16)26-20(28)5-2-14-6-7-31-13-14/h2,5-7,11-13,16H,3-4,8,10H2,1H3,(H,24,29)(H,26,28)/b5-2+. The van der Waals surface area contributed by atoms with Crippen LogP contribution in [0.1, 0.15) is 33.6 Å². The molecule has 8 nitrogen and oxygen atoms in total. The summed E-state index contributed by atoms with van der Waals surface area (Å²) < 4.78 is 7.24. The van der Waals surface area contributed by atoms with Gasteiger partial charge in [-0.05, 0) is 46.9 Å². The molecule has 1 aliphatic rings. The number of alkyl carbamates (subject to hydrolysis) is 1. The molecule has 0 saturated carbocycles. The van der Waals surface area contributed by atoms with Crippen LogP contribution < -0.4 is 10.6 Å². The summed E-state index contributed by atoms with van der Waals surface area (Å²) in [6.45, 7) is 0.345. The Morgan fingerprint density at radius 1 is 1.47 bits per heavy atom. The van der Waals surface area contributed by atoms with Gasteiger partial charge in [0, 0.05) is 42.7 Å². The lowest BCUT2D eigenvalue weighted by Gasteiger charge is -2.22. The average molecular weight is 468 g/mol. The number of aryl methyl sites for hydroxylation is 1. The Morgan fingerprint density at radius 2 is 2.34 bits per heavy atom. The minimum absolute atomic E-state index is 0.274. The first-order valence-corrected chi connectivity index (χ1v) is 11.8. The highest BCUT2D eigenvalue weighted by Crippen LogP contribution is 2.38. The first-order chi connectivity index (χ1) is 15.5. The summed E-state index contributed by atoms with van der Waals surface area (Å²) in [5.41, 5.74) is 3.28. The first-order valence-electron chi connectivity index (χ1n) is 9.99. The molecule has 0 fully saturated rings. The van der Waals surface area contributed by atoms with Crippen molar-refractivity contribution >= 4 is 45.8 Å². The molecule has 164 valence electrons. The van der Waals surface area contributed by atoms with Crippen LogP contribution in [0.3, 0.4) is 0 Å². The smallest absolute Gasteiger partial charge is 0.407 e. The van der Waals surface area contributed by atoms with Gasteiger partial charge in [0.25, 0.3) is 0 Å². The van der Waals surface area contributed by atoms with Crippen LogP contribution >= 0.6 is 22.7 Å². The summed E-state index contributed by atoms with van der Waals surface area (Å²) in [6, 6.07) is 4.14. The molecule has 1 unspecified atom stereocenters. The molecule has 0 aromatic carbocycles. The van der Waals surface area contributed by atoms with Crippen molar-refractivity contribution in [1.82, 2.24) is 15.1 Å². The summed E-state index contributed by atoms with van der Waals surface area (Å²) in [4.78, 5) is 25.4. The zero-order valence-electron chi connectivity index (χ0n) is 17.3. The number of carbonyl (C=O) groups excluding carboxylic acids is 2. The maximum Gasteiger partial charge on any atom is 0.407 e. The fourth-order valence-electron chi connectivity index (χ4n) is 3.49. The fraction of sp³-hybridized carbons (Fsp3) is 0.273. The van der Waals surface area contributed by atoms with E-state index in [0.29, 0.717) is 36.4 Å². The molecule has 3 aromatic heterocycles. The average Bonchev–Trinajstić information content (AvgIpc) is 3.50. The van der Waals surface area contributed by atoms with E-state index in [-0.39, 0.29) is 12.0 Å². The van der Waals surface area contributed by atoms with Crippen molar-refractivity contribution < 1.29 is 14.3 Å². The van der Waals surface area contributed by atoms with Gasteiger partial charge in [0.1, 0.15) is 17.2 Å². The molecule has 0 bridgehead atoms. The van der Waals surface area contributed by atoms with Crippen LogP contribution in [0.5, 0.6) is 0 Å². The second kappa shape index (κ2) is 9.80. The molecule has 2 N–H and O–H groups in total. The summed E-state index contributed by atoms with van der Waals surface area (Å²) in [5, 5.41) is 23.7. The van der Waals surface area contributed by atoms with Crippen molar-refractivity contribution in [1.29, 1.82) is 5.26 Å². The number of rotatable bonds is 6. The van der Waals surface area contributed by atoms with Crippen molar-refractivity contribution in [3.8, 4) is 6.07 Å². The van der Waals surface area contributed by atoms with Crippen LogP contribution in [0.15, 0.2) is 35.3 Å². The number of hydrogen-bond donors (Lipinski definition) is 2. The summed E-state index contributed by atoms with van der Waals surface area (Å²) in [5.74, 6) is -0.283. The van der Waals surface area contributed by atoms with Gasteiger partial charge in [-0.1, -0.05) is 0 Å². The third kappa shape index (κ3) is 5.25. The molecule has 32 heavy (non-hydrogen) atoms. The van der Waals surface area contributed by atoms with E-state index in [1.54, 1.807) is 28.3 Å². The van der Waals surface area contributed by atoms with Crippen molar-refractivity contribution in [2.45, 2.75) is 31.9 Å². The molecule has 4 rings (SSSR count). The van der Waals surface area contributed by atoms with Crippen molar-refractivity contribution in [2.75, 3.05) is 5.32 Å². The number of hydrogen-bond acceptors (Lipinski definition) is 7. The Hall–Kier alpha value is -3.42. The van der Waals surface area contributed by atoms with Crippen LogP contribution in [-0.2, 0) is 36.0 Å². The van der Waals surface area contributed by atoms with Gasteiger partial charge in [0.05, 0.1) is 11.8 Å². The predicted octanol–water partition coefficient (Wildman–Crippen LogP) is 3.85. The second-order valence-corrected chi connectivity index (χ2v) is 9.23. The normalized spacial score (nSPS) is 15.2. The van der Waals surface area contributed by atoms with Gasteiger partial charge >= 0.3 is 6.09 Å². The number of anilines is 1. The topological polar surface area (TPSA) is 109 Å². The molecule has 3 aromatic rings. The van der Waals surface area contributed by atoms with Crippen LogP contribution in [0.25, 0.3) is 6.08 Å². The van der Waals surface area contributed by atoms with E-state index in [9.17, 15) is 14.9 Å². The number of ether oxygens (including phenoxy) is 1. The quantitative estimate of drug-likeness (QED) is 0.535. The number of nitrogens with zero attached hydrogens (tertiary/aromatic N) is 3. The predicted molar refractivity (Wildman–Crippen MR) is 123 cm³/mol. The Kier molecular flexibility index (Phi) is 6.68. The highest BCUT2D eigenvalue weighted by molar-refractivity contribution is 7.16. The van der Waals surface area contributed by atoms with Crippen LogP contribution in [-0.4, -0.2) is 27.9 Å². The minimum Gasteiger partial charge on any atom is -0.446 e. The van der Waals surface area contributed by atoms with E-state index in [0.717, 1.165) is 21.6 Å². The van der Waals surface area contributed by atoms with E-state index < -0.39 is 6.09 Å². The van der Waals surface area contributed by atoms with E-state index in [4.69, 9.17) is 4.74 Å². The van der Waals surface area contributed by atoms with Gasteiger partial charge in [-0.15, -0.1) is 11.3 Å². The van der Waals surface area contributed by atoms with Crippen LogP contribution in [0.2, 0.25) is 0 Å². The number of amides is 2. The van der Waals surface area contributed by atoms with Crippen LogP contribution in [0.4, 0.5) is 9.80 Å². The minimum atomic E-state index is -0.480. The molecule has 3 heterocycles. The van der Waals surface area contributed by atoms with E-state index in [2.05, 4.69) is 21.8 Å². The van der Waals surface area contributed by atoms with Gasteiger partial charge in [0.15, 0.2) is 0 Å². The number of thiophene rings is 2. The van der Waals surface area contributed by atoms with Gasteiger partial charge < -0.3 is 15.4 Å². The van der Waals surface area contributed by atoms with Gasteiger partial charge in [0.2, 0.25) is 5.91 Å². The molecular weight excluding hydrogens is 446 g/mol. The number of fused-ring (bicyclic) bond motifs is 1. The van der Waals surface area contributed by atoms with Gasteiger partial charge in [-0.2, -0.15) is 21.7 Å². The number of aromatic nitrogens is 2. The van der Waals surface area contributed by atoms with Gasteiger partial charge in [-0.25, -0.2) is 4.79 Å². The van der Waals surface area contributed by atoms with Crippen molar-refractivity contribution in [2.24, 2.45) is 7.05 Å². The fourth-order valence-corrected chi connectivity index (χ4v) is 5.38. The van der Waals surface area contributed by atoms with E-state index in [1.807, 2.05) is 30.1 Å². The lowest BCUT2D eigenvalue weighted by molar-refractivity contribution is -0.111. The largest absolute Gasteiger partial charge is 0.446 e. The summed E-state index contributed by atoms with van der Waals surface area (Å²) >= 11 is 2.93. The van der Waals surface area contributed by atoms with Crippen molar-refractivity contribution in [3.05, 3.63) is 62.4 Å². The Labute approximate surface area is 193 Å². The Bertz CT molecular complexity index is 1190. The number of carbonyl (C=O) groups is 2. The zero-order chi connectivity index (χ0) is 22.5. The maximum absolute atomic E-state index is 12.3. The SMILES string of the molecule is Cn1cc(CNC(=O)OC2CCc3c(sc(NC(=O)/C=C/c4ccsc4)c3C#N)C2)cn1. The molecule has 1 atom stereocenters. The van der Waals surface area contributed by atoms with E-state index in [1.165, 1.54) is 17.4 Å². The molecule has 2 amide bonds. The molecule has 1 aliphatic carbocycles. The molecule has 10 heteroatoms. The number of nitriles is 1.